The molecule has 0 spiro atoms. The molecule has 5 nitrogen and oxygen atoms in total. The summed E-state index contributed by atoms with van der Waals surface area (Å²) in [6.45, 7) is 0.291. The smallest absolute Gasteiger partial charge is 0.238 e. The van der Waals surface area contributed by atoms with Crippen molar-refractivity contribution in [3.05, 3.63) is 28.2 Å². The maximum absolute atomic E-state index is 11.8. The maximum atomic E-state index is 11.8. The SMILES string of the molecule is O=C(CNCC1CCCS1(=O)=O)Nc1c(Cl)cccc1Cl. The van der Waals surface area contributed by atoms with Crippen LogP contribution in [0.5, 0.6) is 0 Å². The summed E-state index contributed by atoms with van der Waals surface area (Å²) in [4.78, 5) is 11.8. The van der Waals surface area contributed by atoms with Gasteiger partial charge in [0.15, 0.2) is 9.84 Å². The first-order valence-corrected chi connectivity index (χ1v) is 9.03. The molecule has 1 unspecified atom stereocenters. The van der Waals surface area contributed by atoms with Crippen LogP contribution in [0, 0.1) is 0 Å². The molecule has 1 aliphatic rings. The van der Waals surface area contributed by atoms with Gasteiger partial charge in [-0.3, -0.25) is 4.79 Å². The Bertz CT molecular complexity index is 614. The molecular weight excluding hydrogens is 335 g/mol. The molecule has 1 aromatic rings. The highest BCUT2D eigenvalue weighted by Gasteiger charge is 2.30. The number of amides is 1. The summed E-state index contributed by atoms with van der Waals surface area (Å²) < 4.78 is 23.3. The number of carbonyl (C=O) groups is 1. The Hall–Kier alpha value is -0.820. The van der Waals surface area contributed by atoms with Crippen molar-refractivity contribution in [3.63, 3.8) is 0 Å². The van der Waals surface area contributed by atoms with Crippen LogP contribution in [0.25, 0.3) is 0 Å². The van der Waals surface area contributed by atoms with E-state index in [4.69, 9.17) is 23.2 Å². The first-order chi connectivity index (χ1) is 9.90. The van der Waals surface area contributed by atoms with Gasteiger partial charge in [-0.15, -0.1) is 0 Å². The van der Waals surface area contributed by atoms with E-state index in [2.05, 4.69) is 10.6 Å². The van der Waals surface area contributed by atoms with Gasteiger partial charge in [-0.1, -0.05) is 29.3 Å². The van der Waals surface area contributed by atoms with Crippen molar-refractivity contribution in [2.75, 3.05) is 24.2 Å². The Balaban J connectivity index is 1.83. The Kier molecular flexibility index (Phi) is 5.48. The number of anilines is 1. The number of rotatable bonds is 5. The predicted molar refractivity (Wildman–Crippen MR) is 84.8 cm³/mol. The van der Waals surface area contributed by atoms with Crippen molar-refractivity contribution in [2.45, 2.75) is 18.1 Å². The Morgan fingerprint density at radius 2 is 1.95 bits per heavy atom. The van der Waals surface area contributed by atoms with Crippen molar-refractivity contribution < 1.29 is 13.2 Å². The summed E-state index contributed by atoms with van der Waals surface area (Å²) in [6.07, 6.45) is 1.34. The third-order valence-electron chi connectivity index (χ3n) is 3.35. The molecule has 0 bridgehead atoms. The summed E-state index contributed by atoms with van der Waals surface area (Å²) in [5.41, 5.74) is 0.362. The normalized spacial score (nSPS) is 20.4. The largest absolute Gasteiger partial charge is 0.322 e. The van der Waals surface area contributed by atoms with Gasteiger partial charge in [-0.25, -0.2) is 8.42 Å². The Labute approximate surface area is 133 Å². The molecule has 0 aliphatic carbocycles. The lowest BCUT2D eigenvalue weighted by atomic mass is 10.2. The van der Waals surface area contributed by atoms with E-state index < -0.39 is 15.1 Å². The van der Waals surface area contributed by atoms with Gasteiger partial charge < -0.3 is 10.6 Å². The van der Waals surface area contributed by atoms with Crippen LogP contribution in [0.4, 0.5) is 5.69 Å². The Morgan fingerprint density at radius 1 is 1.29 bits per heavy atom. The number of carbonyl (C=O) groups excluding carboxylic acids is 1. The van der Waals surface area contributed by atoms with Crippen molar-refractivity contribution >= 4 is 44.6 Å². The van der Waals surface area contributed by atoms with Gasteiger partial charge in [-0.2, -0.15) is 0 Å². The number of hydrogen-bond donors (Lipinski definition) is 2. The highest BCUT2D eigenvalue weighted by atomic mass is 35.5. The third kappa shape index (κ3) is 4.32. The van der Waals surface area contributed by atoms with Crippen molar-refractivity contribution in [3.8, 4) is 0 Å². The average molecular weight is 351 g/mol. The monoisotopic (exact) mass is 350 g/mol. The lowest BCUT2D eigenvalue weighted by Crippen LogP contribution is -2.35. The third-order valence-corrected chi connectivity index (χ3v) is 6.25. The summed E-state index contributed by atoms with van der Waals surface area (Å²) in [5.74, 6) is -0.0822. The van der Waals surface area contributed by atoms with Gasteiger partial charge in [0.1, 0.15) is 0 Å². The van der Waals surface area contributed by atoms with Gasteiger partial charge in [0.25, 0.3) is 0 Å². The predicted octanol–water partition coefficient (Wildman–Crippen LogP) is 2.10. The summed E-state index contributed by atoms with van der Waals surface area (Å²) in [6, 6.07) is 4.94. The van der Waals surface area contributed by atoms with E-state index >= 15 is 0 Å². The molecule has 1 heterocycles. The molecule has 0 aromatic heterocycles. The zero-order valence-corrected chi connectivity index (χ0v) is 13.6. The van der Waals surface area contributed by atoms with Crippen LogP contribution < -0.4 is 10.6 Å². The zero-order chi connectivity index (χ0) is 15.5. The number of hydrogen-bond acceptors (Lipinski definition) is 4. The summed E-state index contributed by atoms with van der Waals surface area (Å²) in [5, 5.41) is 5.79. The second-order valence-corrected chi connectivity index (χ2v) is 8.12. The van der Waals surface area contributed by atoms with E-state index in [1.807, 2.05) is 0 Å². The number of para-hydroxylation sites is 1. The van der Waals surface area contributed by atoms with E-state index in [1.54, 1.807) is 18.2 Å². The standard InChI is InChI=1S/C13H16Cl2N2O3S/c14-10-4-1-5-11(15)13(10)17-12(18)8-16-7-9-3-2-6-21(9,19)20/h1,4-5,9,16H,2-3,6-8H2,(H,17,18). The minimum absolute atomic E-state index is 0.00751. The molecule has 0 saturated carbocycles. The number of sulfone groups is 1. The van der Waals surface area contributed by atoms with Gasteiger partial charge in [-0.05, 0) is 25.0 Å². The molecule has 2 N–H and O–H groups in total. The molecule has 2 rings (SSSR count). The Morgan fingerprint density at radius 3 is 2.52 bits per heavy atom. The van der Waals surface area contributed by atoms with Crippen LogP contribution >= 0.6 is 23.2 Å². The molecule has 116 valence electrons. The number of halogens is 2. The van der Waals surface area contributed by atoms with E-state index in [9.17, 15) is 13.2 Å². The topological polar surface area (TPSA) is 75.3 Å². The number of nitrogens with one attached hydrogen (secondary N) is 2. The molecule has 21 heavy (non-hydrogen) atoms. The fraction of sp³-hybridized carbons (Fsp3) is 0.462. The van der Waals surface area contributed by atoms with E-state index in [-0.39, 0.29) is 24.7 Å². The maximum Gasteiger partial charge on any atom is 0.238 e. The lowest BCUT2D eigenvalue weighted by molar-refractivity contribution is -0.115. The summed E-state index contributed by atoms with van der Waals surface area (Å²) >= 11 is 11.9. The minimum atomic E-state index is -2.99. The van der Waals surface area contributed by atoms with Crippen LogP contribution in [0.1, 0.15) is 12.8 Å². The molecule has 1 fully saturated rings. The number of benzene rings is 1. The molecule has 1 amide bonds. The van der Waals surface area contributed by atoms with E-state index in [0.717, 1.165) is 0 Å². The molecule has 0 radical (unpaired) electrons. The van der Waals surface area contributed by atoms with Crippen LogP contribution in [0.2, 0.25) is 10.0 Å². The van der Waals surface area contributed by atoms with Crippen LogP contribution in [0.3, 0.4) is 0 Å². The van der Waals surface area contributed by atoms with Crippen molar-refractivity contribution in [1.82, 2.24) is 5.32 Å². The molecule has 1 atom stereocenters. The lowest BCUT2D eigenvalue weighted by Gasteiger charge is -2.12. The average Bonchev–Trinajstić information content (AvgIpc) is 2.74. The molecule has 1 aromatic carbocycles. The molecule has 1 aliphatic heterocycles. The van der Waals surface area contributed by atoms with E-state index in [0.29, 0.717) is 28.6 Å². The van der Waals surface area contributed by atoms with Crippen molar-refractivity contribution in [2.24, 2.45) is 0 Å². The van der Waals surface area contributed by atoms with Gasteiger partial charge in [0.2, 0.25) is 5.91 Å². The fourth-order valence-electron chi connectivity index (χ4n) is 2.23. The minimum Gasteiger partial charge on any atom is -0.322 e. The molecule has 8 heteroatoms. The first-order valence-electron chi connectivity index (χ1n) is 6.56. The summed E-state index contributed by atoms with van der Waals surface area (Å²) in [7, 11) is -2.99. The van der Waals surface area contributed by atoms with Crippen molar-refractivity contribution in [1.29, 1.82) is 0 Å². The van der Waals surface area contributed by atoms with Gasteiger partial charge in [0, 0.05) is 6.54 Å². The highest BCUT2D eigenvalue weighted by molar-refractivity contribution is 7.92. The van der Waals surface area contributed by atoms with Crippen LogP contribution in [-0.2, 0) is 14.6 Å². The zero-order valence-electron chi connectivity index (χ0n) is 11.2. The van der Waals surface area contributed by atoms with Crippen LogP contribution in [0.15, 0.2) is 18.2 Å². The second kappa shape index (κ2) is 6.96. The first kappa shape index (κ1) is 16.5. The van der Waals surface area contributed by atoms with E-state index in [1.165, 1.54) is 0 Å². The second-order valence-electron chi connectivity index (χ2n) is 4.91. The fourth-order valence-corrected chi connectivity index (χ4v) is 4.53. The van der Waals surface area contributed by atoms with Crippen LogP contribution in [-0.4, -0.2) is 38.4 Å². The quantitative estimate of drug-likeness (QED) is 0.852. The molecule has 1 saturated heterocycles. The highest BCUT2D eigenvalue weighted by Crippen LogP contribution is 2.29. The van der Waals surface area contributed by atoms with Gasteiger partial charge in [0.05, 0.1) is 33.3 Å². The van der Waals surface area contributed by atoms with Gasteiger partial charge >= 0.3 is 0 Å². The molecular formula is C13H16Cl2N2O3S.